The average molecular weight is 299 g/mol. The number of anilines is 2. The Hall–Kier alpha value is -3.56. The van der Waals surface area contributed by atoms with Gasteiger partial charge in [-0.15, -0.1) is 0 Å². The summed E-state index contributed by atoms with van der Waals surface area (Å²) in [5, 5.41) is 28.5. The molecular formula is C12H9N7O3. The summed E-state index contributed by atoms with van der Waals surface area (Å²) in [5.74, 6) is 0.150. The molecule has 0 aliphatic carbocycles. The highest BCUT2D eigenvalue weighted by Crippen LogP contribution is 2.15. The number of hydrogen-bond acceptors (Lipinski definition) is 8. The van der Waals surface area contributed by atoms with Gasteiger partial charge in [-0.25, -0.2) is 0 Å². The third-order valence-electron chi connectivity index (χ3n) is 2.57. The van der Waals surface area contributed by atoms with E-state index in [9.17, 15) is 10.1 Å². The zero-order valence-electron chi connectivity index (χ0n) is 11.0. The second kappa shape index (κ2) is 5.83. The van der Waals surface area contributed by atoms with E-state index in [2.05, 4.69) is 25.9 Å². The smallest absolute Gasteiger partial charge is 0.400 e. The Bertz CT molecular complexity index is 809. The van der Waals surface area contributed by atoms with E-state index in [-0.39, 0.29) is 11.6 Å². The monoisotopic (exact) mass is 299 g/mol. The van der Waals surface area contributed by atoms with Crippen LogP contribution in [0.5, 0.6) is 0 Å². The Labute approximate surface area is 123 Å². The fraction of sp³-hybridized carbons (Fsp3) is 0. The van der Waals surface area contributed by atoms with Gasteiger partial charge in [0.25, 0.3) is 5.95 Å². The maximum atomic E-state index is 10.5. The first kappa shape index (κ1) is 13.4. The van der Waals surface area contributed by atoms with Crippen LogP contribution in [0.1, 0.15) is 5.76 Å². The average Bonchev–Trinajstić information content (AvgIpc) is 3.15. The minimum Gasteiger partial charge on any atom is -0.400 e. The molecule has 10 heteroatoms. The molecule has 0 unspecified atom stereocenters. The molecule has 1 aromatic carbocycles. The molecule has 0 saturated carbocycles. The van der Waals surface area contributed by atoms with Crippen molar-refractivity contribution in [2.75, 3.05) is 5.32 Å². The third-order valence-corrected chi connectivity index (χ3v) is 2.57. The second-order valence-corrected chi connectivity index (χ2v) is 4.06. The van der Waals surface area contributed by atoms with Gasteiger partial charge in [0.15, 0.2) is 5.76 Å². The Morgan fingerprint density at radius 2 is 2.09 bits per heavy atom. The molecule has 110 valence electrons. The van der Waals surface area contributed by atoms with Crippen LogP contribution in [0.4, 0.5) is 17.5 Å². The predicted molar refractivity (Wildman–Crippen MR) is 75.9 cm³/mol. The second-order valence-electron chi connectivity index (χ2n) is 4.06. The van der Waals surface area contributed by atoms with E-state index in [0.29, 0.717) is 5.95 Å². The van der Waals surface area contributed by atoms with Gasteiger partial charge in [0.1, 0.15) is 4.92 Å². The molecule has 0 radical (unpaired) electrons. The first-order chi connectivity index (χ1) is 10.7. The standard InChI is InChI=1S/C12H9N7O3/c20-19(21)11-7-6-10(22-11)8-13-18-12(15-16-17-18)14-9-4-2-1-3-5-9/h1-8H,(H,14,15,17). The van der Waals surface area contributed by atoms with Gasteiger partial charge in [0, 0.05) is 5.69 Å². The summed E-state index contributed by atoms with van der Waals surface area (Å²) in [5.41, 5.74) is 0.794. The molecule has 0 atom stereocenters. The fourth-order valence-electron chi connectivity index (χ4n) is 1.61. The molecular weight excluding hydrogens is 290 g/mol. The van der Waals surface area contributed by atoms with Crippen molar-refractivity contribution >= 4 is 23.7 Å². The Morgan fingerprint density at radius 3 is 2.82 bits per heavy atom. The Morgan fingerprint density at radius 1 is 1.27 bits per heavy atom. The lowest BCUT2D eigenvalue weighted by Crippen LogP contribution is -2.01. The quantitative estimate of drug-likeness (QED) is 0.432. The number of rotatable bonds is 5. The van der Waals surface area contributed by atoms with Crippen LogP contribution in [0.25, 0.3) is 0 Å². The molecule has 2 aromatic heterocycles. The molecule has 0 bridgehead atoms. The predicted octanol–water partition coefficient (Wildman–Crippen LogP) is 1.80. The normalized spacial score (nSPS) is 10.9. The lowest BCUT2D eigenvalue weighted by atomic mass is 10.3. The van der Waals surface area contributed by atoms with E-state index in [1.807, 2.05) is 30.3 Å². The van der Waals surface area contributed by atoms with E-state index >= 15 is 0 Å². The van der Waals surface area contributed by atoms with Crippen LogP contribution in [0, 0.1) is 10.1 Å². The van der Waals surface area contributed by atoms with Gasteiger partial charge in [-0.05, 0) is 28.6 Å². The molecule has 3 rings (SSSR count). The summed E-state index contributed by atoms with van der Waals surface area (Å²) in [6, 6.07) is 12.0. The Balaban J connectivity index is 1.77. The molecule has 3 aromatic rings. The van der Waals surface area contributed by atoms with Crippen molar-refractivity contribution in [3.05, 3.63) is 58.3 Å². The lowest BCUT2D eigenvalue weighted by Gasteiger charge is -2.02. The highest BCUT2D eigenvalue weighted by atomic mass is 16.6. The molecule has 10 nitrogen and oxygen atoms in total. The zero-order chi connectivity index (χ0) is 15.4. The summed E-state index contributed by atoms with van der Waals surface area (Å²) in [6.07, 6.45) is 1.28. The van der Waals surface area contributed by atoms with Crippen molar-refractivity contribution in [1.29, 1.82) is 0 Å². The molecule has 0 spiro atoms. The SMILES string of the molecule is O=[N+]([O-])c1ccc(C=Nn2nnnc2Nc2ccccc2)o1. The molecule has 1 N–H and O–H groups in total. The van der Waals surface area contributed by atoms with Crippen molar-refractivity contribution in [2.45, 2.75) is 0 Å². The summed E-state index contributed by atoms with van der Waals surface area (Å²) >= 11 is 0. The van der Waals surface area contributed by atoms with Crippen LogP contribution in [0.3, 0.4) is 0 Å². The Kier molecular flexibility index (Phi) is 3.56. The molecule has 0 saturated heterocycles. The van der Waals surface area contributed by atoms with Gasteiger partial charge in [0.05, 0.1) is 12.3 Å². The van der Waals surface area contributed by atoms with Crippen molar-refractivity contribution in [3.8, 4) is 0 Å². The highest BCUT2D eigenvalue weighted by molar-refractivity contribution is 5.76. The van der Waals surface area contributed by atoms with Crippen molar-refractivity contribution in [3.63, 3.8) is 0 Å². The molecule has 0 aliphatic rings. The largest absolute Gasteiger partial charge is 0.433 e. The zero-order valence-corrected chi connectivity index (χ0v) is 11.0. The minimum absolute atomic E-state index is 0.216. The van der Waals surface area contributed by atoms with Gasteiger partial charge in [-0.3, -0.25) is 10.1 Å². The number of nitro groups is 1. The van der Waals surface area contributed by atoms with Crippen molar-refractivity contribution in [1.82, 2.24) is 20.3 Å². The summed E-state index contributed by atoms with van der Waals surface area (Å²) in [6.45, 7) is 0. The third kappa shape index (κ3) is 2.95. The number of hydrogen-bond donors (Lipinski definition) is 1. The van der Waals surface area contributed by atoms with Gasteiger partial charge in [-0.2, -0.15) is 5.10 Å². The topological polar surface area (TPSA) is 124 Å². The number of benzene rings is 1. The molecule has 2 heterocycles. The maximum Gasteiger partial charge on any atom is 0.433 e. The highest BCUT2D eigenvalue weighted by Gasteiger charge is 2.11. The lowest BCUT2D eigenvalue weighted by molar-refractivity contribution is -0.402. The van der Waals surface area contributed by atoms with Gasteiger partial charge in [-0.1, -0.05) is 28.1 Å². The van der Waals surface area contributed by atoms with Gasteiger partial charge < -0.3 is 9.73 Å². The maximum absolute atomic E-state index is 10.5. The molecule has 22 heavy (non-hydrogen) atoms. The number of para-hydroxylation sites is 1. The molecule has 0 amide bonds. The molecule has 0 fully saturated rings. The van der Waals surface area contributed by atoms with Crippen LogP contribution in [0.15, 0.2) is 52.0 Å². The van der Waals surface area contributed by atoms with Crippen LogP contribution in [0.2, 0.25) is 0 Å². The number of furan rings is 1. The van der Waals surface area contributed by atoms with E-state index in [1.165, 1.54) is 18.3 Å². The van der Waals surface area contributed by atoms with E-state index in [1.54, 1.807) is 0 Å². The summed E-state index contributed by atoms with van der Waals surface area (Å²) < 4.78 is 4.95. The summed E-state index contributed by atoms with van der Waals surface area (Å²) in [7, 11) is 0. The minimum atomic E-state index is -0.628. The van der Waals surface area contributed by atoms with Crippen molar-refractivity contribution < 1.29 is 9.34 Å². The van der Waals surface area contributed by atoms with Gasteiger partial charge >= 0.3 is 5.88 Å². The first-order valence-electron chi connectivity index (χ1n) is 6.11. The molecule has 0 aliphatic heterocycles. The number of nitrogens with zero attached hydrogens (tertiary/aromatic N) is 6. The first-order valence-corrected chi connectivity index (χ1v) is 6.11. The van der Waals surface area contributed by atoms with Crippen LogP contribution >= 0.6 is 0 Å². The van der Waals surface area contributed by atoms with Crippen LogP contribution in [-0.2, 0) is 0 Å². The van der Waals surface area contributed by atoms with Crippen LogP contribution in [-0.4, -0.2) is 31.5 Å². The number of aromatic nitrogens is 4. The van der Waals surface area contributed by atoms with Gasteiger partial charge in [0.2, 0.25) is 0 Å². The van der Waals surface area contributed by atoms with E-state index in [4.69, 9.17) is 4.42 Å². The van der Waals surface area contributed by atoms with E-state index < -0.39 is 4.92 Å². The number of nitrogens with one attached hydrogen (secondary N) is 1. The fourth-order valence-corrected chi connectivity index (χ4v) is 1.61. The number of tetrazole rings is 1. The van der Waals surface area contributed by atoms with Crippen molar-refractivity contribution in [2.24, 2.45) is 5.10 Å². The summed E-state index contributed by atoms with van der Waals surface area (Å²) in [4.78, 5) is 11.0. The van der Waals surface area contributed by atoms with E-state index in [0.717, 1.165) is 10.5 Å². The van der Waals surface area contributed by atoms with Crippen LogP contribution < -0.4 is 5.32 Å².